The highest BCUT2D eigenvalue weighted by molar-refractivity contribution is 9.10. The summed E-state index contributed by atoms with van der Waals surface area (Å²) in [6.07, 6.45) is 0. The Bertz CT molecular complexity index is 858. The van der Waals surface area contributed by atoms with Crippen molar-refractivity contribution in [1.82, 2.24) is 4.98 Å². The lowest BCUT2D eigenvalue weighted by molar-refractivity contribution is 0.0600. The normalized spacial score (nSPS) is 10.6. The molecule has 1 aromatic carbocycles. The molecule has 3 aromatic rings. The van der Waals surface area contributed by atoms with Gasteiger partial charge in [0.15, 0.2) is 0 Å². The van der Waals surface area contributed by atoms with E-state index in [1.54, 1.807) is 29.5 Å². The lowest BCUT2D eigenvalue weighted by atomic mass is 10.2. The summed E-state index contributed by atoms with van der Waals surface area (Å²) < 4.78 is 16.8. The number of oxazole rings is 1. The van der Waals surface area contributed by atoms with Crippen LogP contribution in [0.4, 0.5) is 0 Å². The van der Waals surface area contributed by atoms with Gasteiger partial charge >= 0.3 is 5.97 Å². The molecule has 0 unspecified atom stereocenters. The number of carbonyl (C=O) groups excluding carboxylic acids is 1. The van der Waals surface area contributed by atoms with Crippen LogP contribution in [0.15, 0.2) is 44.6 Å². The minimum atomic E-state index is -0.393. The number of carbonyl (C=O) groups is 1. The molecule has 0 spiro atoms. The van der Waals surface area contributed by atoms with Crippen molar-refractivity contribution in [2.45, 2.75) is 13.5 Å². The molecule has 0 amide bonds. The van der Waals surface area contributed by atoms with E-state index in [0.717, 1.165) is 16.3 Å². The van der Waals surface area contributed by atoms with Crippen LogP contribution in [0.2, 0.25) is 0 Å². The van der Waals surface area contributed by atoms with Crippen LogP contribution in [-0.2, 0) is 11.3 Å². The standard InChI is InChI=1S/C17H14BrNO4S/c1-10-13(19-16(23-10)15-4-3-7-24-15)9-22-14-6-5-11(8-12(14)18)17(20)21-2/h3-8H,9H2,1-2H3. The molecule has 5 nitrogen and oxygen atoms in total. The van der Waals surface area contributed by atoms with E-state index in [1.165, 1.54) is 7.11 Å². The number of methoxy groups -OCH3 is 1. The number of esters is 1. The van der Waals surface area contributed by atoms with Crippen LogP contribution in [-0.4, -0.2) is 18.1 Å². The molecule has 7 heteroatoms. The maximum absolute atomic E-state index is 11.5. The second-order valence-electron chi connectivity index (χ2n) is 4.92. The summed E-state index contributed by atoms with van der Waals surface area (Å²) in [6.45, 7) is 2.13. The highest BCUT2D eigenvalue weighted by atomic mass is 79.9. The first-order valence-corrected chi connectivity index (χ1v) is 8.76. The van der Waals surface area contributed by atoms with Crippen molar-refractivity contribution >= 4 is 33.2 Å². The van der Waals surface area contributed by atoms with Gasteiger partial charge in [0.1, 0.15) is 23.8 Å². The van der Waals surface area contributed by atoms with E-state index in [4.69, 9.17) is 13.9 Å². The fourth-order valence-corrected chi connectivity index (χ4v) is 3.22. The zero-order valence-corrected chi connectivity index (χ0v) is 15.4. The number of aromatic nitrogens is 1. The van der Waals surface area contributed by atoms with Crippen LogP contribution in [0.25, 0.3) is 10.8 Å². The largest absolute Gasteiger partial charge is 0.486 e. The molecule has 0 radical (unpaired) electrons. The van der Waals surface area contributed by atoms with E-state index < -0.39 is 5.97 Å². The average molecular weight is 408 g/mol. The number of ether oxygens (including phenoxy) is 2. The fraction of sp³-hybridized carbons (Fsp3) is 0.176. The monoisotopic (exact) mass is 407 g/mol. The summed E-state index contributed by atoms with van der Waals surface area (Å²) in [5.41, 5.74) is 1.19. The molecule has 0 aliphatic carbocycles. The molecule has 0 aliphatic heterocycles. The Balaban J connectivity index is 1.73. The molecule has 3 rings (SSSR count). The van der Waals surface area contributed by atoms with E-state index in [-0.39, 0.29) is 6.61 Å². The molecule has 0 atom stereocenters. The van der Waals surface area contributed by atoms with Crippen molar-refractivity contribution in [1.29, 1.82) is 0 Å². The summed E-state index contributed by atoms with van der Waals surface area (Å²) in [4.78, 5) is 17.0. The van der Waals surface area contributed by atoms with Gasteiger partial charge in [0, 0.05) is 0 Å². The van der Waals surface area contributed by atoms with Crippen LogP contribution < -0.4 is 4.74 Å². The second-order valence-corrected chi connectivity index (χ2v) is 6.73. The lowest BCUT2D eigenvalue weighted by Gasteiger charge is -2.08. The maximum atomic E-state index is 11.5. The molecular formula is C17H14BrNO4S. The number of hydrogen-bond acceptors (Lipinski definition) is 6. The Hall–Kier alpha value is -2.12. The molecule has 124 valence electrons. The highest BCUT2D eigenvalue weighted by Gasteiger charge is 2.14. The van der Waals surface area contributed by atoms with Crippen LogP contribution in [0, 0.1) is 6.92 Å². The lowest BCUT2D eigenvalue weighted by Crippen LogP contribution is -2.02. The van der Waals surface area contributed by atoms with E-state index >= 15 is 0 Å². The first-order chi connectivity index (χ1) is 11.6. The quantitative estimate of drug-likeness (QED) is 0.566. The molecule has 2 heterocycles. The van der Waals surface area contributed by atoms with E-state index in [0.29, 0.717) is 21.7 Å². The van der Waals surface area contributed by atoms with Crippen molar-refractivity contribution in [3.63, 3.8) is 0 Å². The summed E-state index contributed by atoms with van der Waals surface area (Å²) >= 11 is 4.97. The number of hydrogen-bond donors (Lipinski definition) is 0. The number of rotatable bonds is 5. The smallest absolute Gasteiger partial charge is 0.337 e. The predicted molar refractivity (Wildman–Crippen MR) is 94.4 cm³/mol. The number of benzene rings is 1. The maximum Gasteiger partial charge on any atom is 0.337 e. The first kappa shape index (κ1) is 16.7. The van der Waals surface area contributed by atoms with E-state index in [1.807, 2.05) is 24.4 Å². The third-order valence-corrected chi connectivity index (χ3v) is 4.82. The van der Waals surface area contributed by atoms with E-state index in [9.17, 15) is 4.79 Å². The van der Waals surface area contributed by atoms with Gasteiger partial charge in [-0.2, -0.15) is 0 Å². The first-order valence-electron chi connectivity index (χ1n) is 7.09. The van der Waals surface area contributed by atoms with Crippen LogP contribution in [0.5, 0.6) is 5.75 Å². The molecule has 0 saturated carbocycles. The zero-order chi connectivity index (χ0) is 17.1. The van der Waals surface area contributed by atoms with Crippen LogP contribution in [0.3, 0.4) is 0 Å². The number of thiophene rings is 1. The summed E-state index contributed by atoms with van der Waals surface area (Å²) in [6, 6.07) is 8.94. The predicted octanol–water partition coefficient (Wildman–Crippen LogP) is 4.84. The van der Waals surface area contributed by atoms with Gasteiger partial charge in [0.05, 0.1) is 22.0 Å². The van der Waals surface area contributed by atoms with Crippen LogP contribution in [0.1, 0.15) is 21.8 Å². The summed E-state index contributed by atoms with van der Waals surface area (Å²) in [5, 5.41) is 1.98. The van der Waals surface area contributed by atoms with Gasteiger partial charge in [-0.05, 0) is 52.5 Å². The summed E-state index contributed by atoms with van der Waals surface area (Å²) in [7, 11) is 1.35. The molecule has 0 bridgehead atoms. The molecule has 0 saturated heterocycles. The Labute approximate surface area is 151 Å². The van der Waals surface area contributed by atoms with Gasteiger partial charge in [-0.3, -0.25) is 0 Å². The topological polar surface area (TPSA) is 61.6 Å². The SMILES string of the molecule is COC(=O)c1ccc(OCc2nc(-c3cccs3)oc2C)c(Br)c1. The second kappa shape index (κ2) is 7.19. The van der Waals surface area contributed by atoms with Gasteiger partial charge in [-0.15, -0.1) is 11.3 Å². The van der Waals surface area contributed by atoms with Gasteiger partial charge in [-0.1, -0.05) is 6.07 Å². The minimum Gasteiger partial charge on any atom is -0.486 e. The number of aryl methyl sites for hydroxylation is 1. The third-order valence-electron chi connectivity index (χ3n) is 3.34. The van der Waals surface area contributed by atoms with Crippen molar-refractivity contribution in [3.8, 4) is 16.5 Å². The third kappa shape index (κ3) is 3.52. The van der Waals surface area contributed by atoms with Gasteiger partial charge < -0.3 is 13.9 Å². The molecule has 0 N–H and O–H groups in total. The molecule has 0 fully saturated rings. The van der Waals surface area contributed by atoms with Gasteiger partial charge in [-0.25, -0.2) is 9.78 Å². The Kier molecular flexibility index (Phi) is 5.01. The molecule has 0 aliphatic rings. The Morgan fingerprint density at radius 3 is 2.88 bits per heavy atom. The van der Waals surface area contributed by atoms with Crippen molar-refractivity contribution in [2.24, 2.45) is 0 Å². The molecule has 2 aromatic heterocycles. The zero-order valence-electron chi connectivity index (χ0n) is 13.0. The van der Waals surface area contributed by atoms with Crippen molar-refractivity contribution in [3.05, 3.63) is 57.2 Å². The van der Waals surface area contributed by atoms with Crippen molar-refractivity contribution < 1.29 is 18.7 Å². The fourth-order valence-electron chi connectivity index (χ4n) is 2.08. The molecule has 24 heavy (non-hydrogen) atoms. The average Bonchev–Trinajstić information content (AvgIpc) is 3.22. The van der Waals surface area contributed by atoms with Gasteiger partial charge in [0.25, 0.3) is 0 Å². The van der Waals surface area contributed by atoms with Crippen LogP contribution >= 0.6 is 27.3 Å². The Morgan fingerprint density at radius 1 is 1.38 bits per heavy atom. The summed E-state index contributed by atoms with van der Waals surface area (Å²) in [5.74, 6) is 1.54. The minimum absolute atomic E-state index is 0.275. The highest BCUT2D eigenvalue weighted by Crippen LogP contribution is 2.29. The molecular weight excluding hydrogens is 394 g/mol. The number of nitrogens with zero attached hydrogens (tertiary/aromatic N) is 1. The van der Waals surface area contributed by atoms with E-state index in [2.05, 4.69) is 20.9 Å². The van der Waals surface area contributed by atoms with Gasteiger partial charge in [0.2, 0.25) is 5.89 Å². The Morgan fingerprint density at radius 2 is 2.21 bits per heavy atom. The van der Waals surface area contributed by atoms with Crippen molar-refractivity contribution in [2.75, 3.05) is 7.11 Å². The number of halogens is 1.